The lowest BCUT2D eigenvalue weighted by molar-refractivity contribution is -0.141. The third-order valence-electron chi connectivity index (χ3n) is 6.33. The summed E-state index contributed by atoms with van der Waals surface area (Å²) in [6.07, 6.45) is -2.81. The normalized spacial score (nSPS) is 18.8. The molecule has 0 bridgehead atoms. The monoisotopic (exact) mass is 499 g/mol. The number of aromatic nitrogens is 1. The molecule has 176 valence electrons. The van der Waals surface area contributed by atoms with E-state index < -0.39 is 23.6 Å². The van der Waals surface area contributed by atoms with Gasteiger partial charge in [-0.3, -0.25) is 4.79 Å². The van der Waals surface area contributed by atoms with E-state index in [9.17, 15) is 23.1 Å². The van der Waals surface area contributed by atoms with Gasteiger partial charge in [-0.1, -0.05) is 23.2 Å². The molecule has 0 radical (unpaired) electrons. The predicted octanol–water partition coefficient (Wildman–Crippen LogP) is 7.04. The summed E-state index contributed by atoms with van der Waals surface area (Å²) in [6.45, 7) is 1.65. The van der Waals surface area contributed by atoms with Gasteiger partial charge >= 0.3 is 12.1 Å². The topological polar surface area (TPSA) is 51.5 Å². The fourth-order valence-electron chi connectivity index (χ4n) is 4.46. The number of aryl methyl sites for hydroxylation is 2. The van der Waals surface area contributed by atoms with E-state index in [1.807, 2.05) is 6.07 Å². The van der Waals surface area contributed by atoms with Gasteiger partial charge in [-0.25, -0.2) is 0 Å². The van der Waals surface area contributed by atoms with E-state index >= 15 is 0 Å². The molecular formula is C24H22Cl2F3NO3. The molecule has 1 aliphatic carbocycles. The van der Waals surface area contributed by atoms with Crippen LogP contribution < -0.4 is 4.74 Å². The lowest BCUT2D eigenvalue weighted by atomic mass is 10.1. The first kappa shape index (κ1) is 23.8. The number of rotatable bonds is 5. The summed E-state index contributed by atoms with van der Waals surface area (Å²) in [5.41, 5.74) is 1.67. The van der Waals surface area contributed by atoms with Crippen molar-refractivity contribution in [2.24, 2.45) is 13.0 Å². The summed E-state index contributed by atoms with van der Waals surface area (Å²) in [4.78, 5) is 11.2. The summed E-state index contributed by atoms with van der Waals surface area (Å²) in [5, 5.41) is 10.7. The fourth-order valence-corrected chi connectivity index (χ4v) is 5.01. The van der Waals surface area contributed by atoms with Crippen LogP contribution in [0.1, 0.15) is 41.6 Å². The van der Waals surface area contributed by atoms with E-state index in [0.717, 1.165) is 23.2 Å². The van der Waals surface area contributed by atoms with Crippen molar-refractivity contribution in [3.05, 3.63) is 62.8 Å². The number of halogens is 5. The van der Waals surface area contributed by atoms with Crippen molar-refractivity contribution in [1.82, 2.24) is 4.57 Å². The highest BCUT2D eigenvalue weighted by atomic mass is 35.5. The molecule has 1 saturated carbocycles. The maximum absolute atomic E-state index is 13.3. The Kier molecular flexibility index (Phi) is 6.31. The van der Waals surface area contributed by atoms with Crippen LogP contribution in [0.15, 0.2) is 30.3 Å². The Labute approximate surface area is 198 Å². The van der Waals surface area contributed by atoms with E-state index in [0.29, 0.717) is 58.1 Å². The summed E-state index contributed by atoms with van der Waals surface area (Å²) < 4.78 is 47.5. The van der Waals surface area contributed by atoms with Crippen molar-refractivity contribution in [2.45, 2.75) is 44.9 Å². The second kappa shape index (κ2) is 8.76. The molecule has 4 nitrogen and oxygen atoms in total. The van der Waals surface area contributed by atoms with Crippen molar-refractivity contribution in [1.29, 1.82) is 0 Å². The number of carbonyl (C=O) groups is 1. The molecule has 3 aromatic rings. The Balaban J connectivity index is 1.65. The lowest BCUT2D eigenvalue weighted by Gasteiger charge is -2.17. The zero-order valence-corrected chi connectivity index (χ0v) is 19.5. The number of nitrogens with zero attached hydrogens (tertiary/aromatic N) is 1. The van der Waals surface area contributed by atoms with Crippen LogP contribution in [0, 0.1) is 12.8 Å². The Morgan fingerprint density at radius 1 is 1.21 bits per heavy atom. The third kappa shape index (κ3) is 4.66. The first-order valence-corrected chi connectivity index (χ1v) is 11.2. The predicted molar refractivity (Wildman–Crippen MR) is 121 cm³/mol. The molecule has 2 aromatic carbocycles. The van der Waals surface area contributed by atoms with Crippen LogP contribution in [0.5, 0.6) is 5.75 Å². The fraction of sp³-hybridized carbons (Fsp3) is 0.375. The summed E-state index contributed by atoms with van der Waals surface area (Å²) in [6, 6.07) is 7.46. The number of carboxylic acids is 1. The van der Waals surface area contributed by atoms with Crippen molar-refractivity contribution >= 4 is 40.1 Å². The molecule has 0 spiro atoms. The van der Waals surface area contributed by atoms with Crippen LogP contribution in [-0.4, -0.2) is 21.7 Å². The standard InChI is InChI=1S/C24H22Cl2F3NO3/c1-12-7-14(24(27,28)29)9-20-17(12)10-15(30(20)2)11-18-19(25)5-6-21(22(18)26)33-16-4-3-13(8-16)23(31)32/h5-7,9-10,13,16H,3-4,8,11H2,1-2H3,(H,31,32)/t13-,16-/m1/s1. The molecule has 1 aromatic heterocycles. The first-order valence-electron chi connectivity index (χ1n) is 10.5. The van der Waals surface area contributed by atoms with Gasteiger partial charge in [0.1, 0.15) is 5.75 Å². The van der Waals surface area contributed by atoms with Gasteiger partial charge in [0.05, 0.1) is 22.6 Å². The molecule has 1 fully saturated rings. The molecule has 0 amide bonds. The average Bonchev–Trinajstić information content (AvgIpc) is 3.32. The van der Waals surface area contributed by atoms with Crippen LogP contribution in [0.3, 0.4) is 0 Å². The number of carboxylic acid groups (broad SMARTS) is 1. The van der Waals surface area contributed by atoms with E-state index in [-0.39, 0.29) is 6.10 Å². The molecule has 1 N–H and O–H groups in total. The number of hydrogen-bond acceptors (Lipinski definition) is 2. The van der Waals surface area contributed by atoms with Crippen LogP contribution in [0.4, 0.5) is 13.2 Å². The van der Waals surface area contributed by atoms with Gasteiger partial charge in [-0.05, 0) is 67.6 Å². The van der Waals surface area contributed by atoms with Gasteiger partial charge in [0.2, 0.25) is 0 Å². The Morgan fingerprint density at radius 3 is 2.58 bits per heavy atom. The molecule has 4 rings (SSSR count). The maximum atomic E-state index is 13.3. The van der Waals surface area contributed by atoms with E-state index in [4.69, 9.17) is 27.9 Å². The number of hydrogen-bond donors (Lipinski definition) is 1. The van der Waals surface area contributed by atoms with Gasteiger partial charge in [0.25, 0.3) is 0 Å². The minimum absolute atomic E-state index is 0.251. The largest absolute Gasteiger partial charge is 0.489 e. The number of alkyl halides is 3. The van der Waals surface area contributed by atoms with Crippen LogP contribution in [-0.2, 0) is 24.4 Å². The van der Waals surface area contributed by atoms with Crippen molar-refractivity contribution < 1.29 is 27.8 Å². The van der Waals surface area contributed by atoms with Crippen LogP contribution in [0.2, 0.25) is 10.0 Å². The van der Waals surface area contributed by atoms with Gasteiger partial charge in [-0.2, -0.15) is 13.2 Å². The highest BCUT2D eigenvalue weighted by Gasteiger charge is 2.33. The number of ether oxygens (including phenoxy) is 1. The maximum Gasteiger partial charge on any atom is 0.416 e. The number of aliphatic carboxylic acids is 1. The summed E-state index contributed by atoms with van der Waals surface area (Å²) in [7, 11) is 1.71. The highest BCUT2D eigenvalue weighted by Crippen LogP contribution is 2.39. The molecular weight excluding hydrogens is 478 g/mol. The van der Waals surface area contributed by atoms with Gasteiger partial charge < -0.3 is 14.4 Å². The first-order chi connectivity index (χ1) is 15.5. The number of fused-ring (bicyclic) bond motifs is 1. The Morgan fingerprint density at radius 2 is 1.94 bits per heavy atom. The molecule has 0 unspecified atom stereocenters. The minimum Gasteiger partial charge on any atom is -0.489 e. The SMILES string of the molecule is Cc1cc(C(F)(F)F)cc2c1cc(Cc1c(Cl)ccc(O[C@@H]3CC[C@@H](C(=O)O)C3)c1Cl)n2C. The minimum atomic E-state index is -4.43. The molecule has 9 heteroatoms. The van der Waals surface area contributed by atoms with Crippen LogP contribution >= 0.6 is 23.2 Å². The highest BCUT2D eigenvalue weighted by molar-refractivity contribution is 6.37. The zero-order valence-electron chi connectivity index (χ0n) is 18.0. The summed E-state index contributed by atoms with van der Waals surface area (Å²) >= 11 is 13.0. The molecule has 0 saturated heterocycles. The molecule has 0 aliphatic heterocycles. The van der Waals surface area contributed by atoms with Crippen LogP contribution in [0.25, 0.3) is 10.9 Å². The molecule has 33 heavy (non-hydrogen) atoms. The van der Waals surface area contributed by atoms with Gasteiger partial charge in [0.15, 0.2) is 0 Å². The molecule has 1 heterocycles. The van der Waals surface area contributed by atoms with Crippen molar-refractivity contribution in [3.8, 4) is 5.75 Å². The smallest absolute Gasteiger partial charge is 0.416 e. The molecule has 2 atom stereocenters. The Hall–Kier alpha value is -2.38. The Bertz CT molecular complexity index is 1240. The lowest BCUT2D eigenvalue weighted by Crippen LogP contribution is -2.16. The quantitative estimate of drug-likeness (QED) is 0.409. The van der Waals surface area contributed by atoms with E-state index in [1.165, 1.54) is 0 Å². The van der Waals surface area contributed by atoms with E-state index in [1.54, 1.807) is 30.7 Å². The third-order valence-corrected chi connectivity index (χ3v) is 7.10. The van der Waals surface area contributed by atoms with Gasteiger partial charge in [0, 0.05) is 35.1 Å². The molecule has 1 aliphatic rings. The van der Waals surface area contributed by atoms with Crippen molar-refractivity contribution in [2.75, 3.05) is 0 Å². The summed E-state index contributed by atoms with van der Waals surface area (Å²) in [5.74, 6) is -0.841. The number of benzene rings is 2. The van der Waals surface area contributed by atoms with E-state index in [2.05, 4.69) is 0 Å². The zero-order chi connectivity index (χ0) is 24.1. The second-order valence-electron chi connectivity index (χ2n) is 8.52. The van der Waals surface area contributed by atoms with Crippen molar-refractivity contribution in [3.63, 3.8) is 0 Å². The second-order valence-corrected chi connectivity index (χ2v) is 9.31. The average molecular weight is 500 g/mol. The van der Waals surface area contributed by atoms with Gasteiger partial charge in [-0.15, -0.1) is 0 Å².